The van der Waals surface area contributed by atoms with Gasteiger partial charge in [-0.15, -0.1) is 0 Å². The van der Waals surface area contributed by atoms with E-state index < -0.39 is 37.1 Å². The topological polar surface area (TPSA) is 98.1 Å². The fourth-order valence-electron chi connectivity index (χ4n) is 2.00. The van der Waals surface area contributed by atoms with Crippen LogP contribution in [0.4, 0.5) is 10.5 Å². The molecule has 1 aliphatic rings. The number of aliphatic carboxylic acids is 1. The second-order valence-electron chi connectivity index (χ2n) is 4.01. The predicted octanol–water partition coefficient (Wildman–Crippen LogP) is 0.248. The summed E-state index contributed by atoms with van der Waals surface area (Å²) in [6.45, 7) is -0.767. The monoisotopic (exact) mass is 264 g/mol. The molecule has 1 fully saturated rings. The van der Waals surface area contributed by atoms with Crippen LogP contribution in [0.1, 0.15) is 6.42 Å². The van der Waals surface area contributed by atoms with Crippen LogP contribution in [0.25, 0.3) is 0 Å². The van der Waals surface area contributed by atoms with Crippen LogP contribution >= 0.6 is 0 Å². The molecule has 1 aromatic rings. The lowest BCUT2D eigenvalue weighted by Gasteiger charge is -2.20. The summed E-state index contributed by atoms with van der Waals surface area (Å²) in [7, 11) is 0. The van der Waals surface area contributed by atoms with E-state index in [2.05, 4.69) is 0 Å². The van der Waals surface area contributed by atoms with Gasteiger partial charge in [-0.25, -0.2) is 9.69 Å². The molecule has 2 N–H and O–H groups in total. The second kappa shape index (κ2) is 5.07. The summed E-state index contributed by atoms with van der Waals surface area (Å²) in [6, 6.07) is 6.44. The third kappa shape index (κ3) is 2.27. The lowest BCUT2D eigenvalue weighted by Crippen LogP contribution is -2.36. The van der Waals surface area contributed by atoms with Crippen molar-refractivity contribution in [3.8, 4) is 0 Å². The maximum Gasteiger partial charge on any atom is 0.333 e. The minimum Gasteiger partial charge on any atom is -0.481 e. The van der Waals surface area contributed by atoms with Gasteiger partial charge in [0.25, 0.3) is 5.91 Å². The Morgan fingerprint density at radius 2 is 1.84 bits per heavy atom. The number of carbonyl (C=O) groups excluding carboxylic acids is 2. The number of imide groups is 1. The Morgan fingerprint density at radius 3 is 2.37 bits per heavy atom. The Hall–Kier alpha value is -2.41. The van der Waals surface area contributed by atoms with Crippen molar-refractivity contribution in [3.05, 3.63) is 30.3 Å². The normalized spacial score (nSPS) is 19.1. The third-order valence-electron chi connectivity index (χ3n) is 2.84. The van der Waals surface area contributed by atoms with Crippen LogP contribution in [0, 0.1) is 0 Å². The van der Waals surface area contributed by atoms with Crippen LogP contribution in [0.5, 0.6) is 0 Å². The molecule has 0 spiro atoms. The highest BCUT2D eigenvalue weighted by Crippen LogP contribution is 2.26. The first-order chi connectivity index (χ1) is 9.06. The number of carbonyl (C=O) groups is 3. The van der Waals surface area contributed by atoms with Crippen molar-refractivity contribution >= 4 is 23.6 Å². The maximum absolute atomic E-state index is 12.0. The number of anilines is 1. The molecule has 100 valence electrons. The van der Waals surface area contributed by atoms with Crippen LogP contribution in [0.15, 0.2) is 30.3 Å². The van der Waals surface area contributed by atoms with Gasteiger partial charge < -0.3 is 10.2 Å². The van der Waals surface area contributed by atoms with Crippen LogP contribution in [-0.4, -0.2) is 45.8 Å². The SMILES string of the molecule is O=C(O)CC1C(=O)N(CO)C(=O)N1c1ccccc1. The number of benzene rings is 1. The number of hydrogen-bond donors (Lipinski definition) is 2. The highest BCUT2D eigenvalue weighted by Gasteiger charge is 2.46. The van der Waals surface area contributed by atoms with Crippen molar-refractivity contribution in [1.82, 2.24) is 4.90 Å². The molecule has 1 heterocycles. The number of carboxylic acids is 1. The van der Waals surface area contributed by atoms with E-state index in [9.17, 15) is 14.4 Å². The zero-order chi connectivity index (χ0) is 14.0. The lowest BCUT2D eigenvalue weighted by molar-refractivity contribution is -0.140. The molecule has 1 aliphatic heterocycles. The molecule has 19 heavy (non-hydrogen) atoms. The number of nitrogens with zero attached hydrogens (tertiary/aromatic N) is 2. The van der Waals surface area contributed by atoms with Gasteiger partial charge in [0, 0.05) is 5.69 Å². The van der Waals surface area contributed by atoms with E-state index in [0.717, 1.165) is 4.90 Å². The summed E-state index contributed by atoms with van der Waals surface area (Å²) in [5, 5.41) is 17.9. The van der Waals surface area contributed by atoms with Crippen LogP contribution in [0.3, 0.4) is 0 Å². The molecule has 0 aliphatic carbocycles. The molecule has 1 saturated heterocycles. The molecule has 0 bridgehead atoms. The Morgan fingerprint density at radius 1 is 1.21 bits per heavy atom. The number of rotatable bonds is 4. The van der Waals surface area contributed by atoms with E-state index in [1.54, 1.807) is 30.3 Å². The average Bonchev–Trinajstić information content (AvgIpc) is 2.61. The van der Waals surface area contributed by atoms with Crippen LogP contribution in [0.2, 0.25) is 0 Å². The molecule has 1 aromatic carbocycles. The van der Waals surface area contributed by atoms with Crippen LogP contribution in [-0.2, 0) is 9.59 Å². The highest BCUT2D eigenvalue weighted by molar-refractivity contribution is 6.15. The van der Waals surface area contributed by atoms with Gasteiger partial charge in [-0.3, -0.25) is 14.5 Å². The molecule has 7 heteroatoms. The van der Waals surface area contributed by atoms with Gasteiger partial charge >= 0.3 is 12.0 Å². The maximum atomic E-state index is 12.0. The standard InChI is InChI=1S/C12H12N2O5/c15-7-13-11(18)9(6-10(16)17)14(12(13)19)8-4-2-1-3-5-8/h1-5,9,15H,6-7H2,(H,16,17). The Labute approximate surface area is 108 Å². The summed E-state index contributed by atoms with van der Waals surface area (Å²) in [4.78, 5) is 36.4. The number of amides is 3. The summed E-state index contributed by atoms with van der Waals surface area (Å²) in [6.07, 6.45) is -0.504. The van der Waals surface area contributed by atoms with Gasteiger partial charge in [-0.05, 0) is 12.1 Å². The van der Waals surface area contributed by atoms with Crippen LogP contribution < -0.4 is 4.90 Å². The van der Waals surface area contributed by atoms with Crippen molar-refractivity contribution in [2.45, 2.75) is 12.5 Å². The Balaban J connectivity index is 2.40. The Kier molecular flexibility index (Phi) is 3.48. The van der Waals surface area contributed by atoms with Gasteiger partial charge in [-0.1, -0.05) is 18.2 Å². The predicted molar refractivity (Wildman–Crippen MR) is 64.3 cm³/mol. The number of para-hydroxylation sites is 1. The van der Waals surface area contributed by atoms with Crippen molar-refractivity contribution < 1.29 is 24.6 Å². The van der Waals surface area contributed by atoms with E-state index in [0.29, 0.717) is 10.6 Å². The van der Waals surface area contributed by atoms with Crippen molar-refractivity contribution in [2.75, 3.05) is 11.6 Å². The first-order valence-electron chi connectivity index (χ1n) is 5.58. The van der Waals surface area contributed by atoms with Crippen molar-refractivity contribution in [1.29, 1.82) is 0 Å². The third-order valence-corrected chi connectivity index (χ3v) is 2.84. The van der Waals surface area contributed by atoms with E-state index >= 15 is 0 Å². The molecule has 2 rings (SSSR count). The molecule has 0 radical (unpaired) electrons. The number of urea groups is 1. The average molecular weight is 264 g/mol. The minimum absolute atomic E-state index is 0.419. The zero-order valence-corrected chi connectivity index (χ0v) is 9.89. The summed E-state index contributed by atoms with van der Waals surface area (Å²) >= 11 is 0. The molecular weight excluding hydrogens is 252 g/mol. The fourth-order valence-corrected chi connectivity index (χ4v) is 2.00. The van der Waals surface area contributed by atoms with Gasteiger partial charge in [0.1, 0.15) is 12.8 Å². The second-order valence-corrected chi connectivity index (χ2v) is 4.01. The molecule has 3 amide bonds. The molecule has 7 nitrogen and oxygen atoms in total. The minimum atomic E-state index is -1.19. The van der Waals surface area contributed by atoms with E-state index in [1.807, 2.05) is 0 Å². The number of hydrogen-bond acceptors (Lipinski definition) is 4. The van der Waals surface area contributed by atoms with Gasteiger partial charge in [0.2, 0.25) is 0 Å². The molecule has 1 atom stereocenters. The zero-order valence-electron chi connectivity index (χ0n) is 9.89. The van der Waals surface area contributed by atoms with E-state index in [1.165, 1.54) is 0 Å². The summed E-state index contributed by atoms with van der Waals surface area (Å²) < 4.78 is 0. The molecule has 1 unspecified atom stereocenters. The summed E-state index contributed by atoms with van der Waals surface area (Å²) in [5.74, 6) is -1.90. The van der Waals surface area contributed by atoms with Crippen molar-refractivity contribution in [2.24, 2.45) is 0 Å². The highest BCUT2D eigenvalue weighted by atomic mass is 16.4. The van der Waals surface area contributed by atoms with E-state index in [4.69, 9.17) is 10.2 Å². The molecular formula is C12H12N2O5. The number of aliphatic hydroxyl groups is 1. The number of aliphatic hydroxyl groups excluding tert-OH is 1. The molecule has 0 saturated carbocycles. The Bertz CT molecular complexity index is 516. The quantitative estimate of drug-likeness (QED) is 0.759. The summed E-state index contributed by atoms with van der Waals surface area (Å²) in [5.41, 5.74) is 0.419. The van der Waals surface area contributed by atoms with Gasteiger partial charge in [0.05, 0.1) is 6.42 Å². The van der Waals surface area contributed by atoms with Gasteiger partial charge in [-0.2, -0.15) is 0 Å². The lowest BCUT2D eigenvalue weighted by atomic mass is 10.1. The molecule has 0 aromatic heterocycles. The first kappa shape index (κ1) is 13.0. The van der Waals surface area contributed by atoms with Crippen molar-refractivity contribution in [3.63, 3.8) is 0 Å². The smallest absolute Gasteiger partial charge is 0.333 e. The van der Waals surface area contributed by atoms with Gasteiger partial charge in [0.15, 0.2) is 0 Å². The largest absolute Gasteiger partial charge is 0.481 e. The fraction of sp³-hybridized carbons (Fsp3) is 0.250. The number of carboxylic acid groups (broad SMARTS) is 1. The van der Waals surface area contributed by atoms with E-state index in [-0.39, 0.29) is 0 Å². The first-order valence-corrected chi connectivity index (χ1v) is 5.58.